The van der Waals surface area contributed by atoms with E-state index in [0.717, 1.165) is 12.1 Å². The molecule has 0 spiro atoms. The van der Waals surface area contributed by atoms with Gasteiger partial charge in [0.2, 0.25) is 0 Å². The van der Waals surface area contributed by atoms with Gasteiger partial charge in [0.15, 0.2) is 0 Å². The van der Waals surface area contributed by atoms with Crippen LogP contribution in [0.15, 0.2) is 60.7 Å². The van der Waals surface area contributed by atoms with E-state index in [-0.39, 0.29) is 5.54 Å². The maximum absolute atomic E-state index is 3.70. The highest BCUT2D eigenvalue weighted by atomic mass is 15.5. The molecule has 3 aliphatic rings. The maximum Gasteiger partial charge on any atom is 0.0462 e. The van der Waals surface area contributed by atoms with E-state index in [1.54, 1.807) is 0 Å². The molecule has 118 valence electrons. The summed E-state index contributed by atoms with van der Waals surface area (Å²) in [4.78, 5) is 2.80. The van der Waals surface area contributed by atoms with Gasteiger partial charge >= 0.3 is 0 Å². The Morgan fingerprint density at radius 2 is 1.65 bits per heavy atom. The largest absolute Gasteiger partial charge is 0.310 e. The molecule has 3 heterocycles. The average molecular weight is 304 g/mol. The zero-order valence-electron chi connectivity index (χ0n) is 13.7. The standard InChI is InChI=1S/C21H24N2/c1-22-20(17-10-6-3-7-11-17)13-18-14-21(19(15-20)23(18)21)12-16-8-4-2-5-9-16/h2-11,18-19,22H,12-15H2,1H3. The van der Waals surface area contributed by atoms with E-state index < -0.39 is 0 Å². The van der Waals surface area contributed by atoms with Crippen LogP contribution in [0.3, 0.4) is 0 Å². The summed E-state index contributed by atoms with van der Waals surface area (Å²) in [5.41, 5.74) is 3.60. The maximum atomic E-state index is 3.70. The van der Waals surface area contributed by atoms with Crippen LogP contribution in [0.2, 0.25) is 0 Å². The number of nitrogens with zero attached hydrogens (tertiary/aromatic N) is 1. The van der Waals surface area contributed by atoms with Crippen molar-refractivity contribution in [3.63, 3.8) is 0 Å². The zero-order valence-corrected chi connectivity index (χ0v) is 13.7. The molecule has 0 aromatic heterocycles. The van der Waals surface area contributed by atoms with Crippen molar-refractivity contribution in [3.05, 3.63) is 71.8 Å². The molecule has 2 nitrogen and oxygen atoms in total. The molecule has 1 N–H and O–H groups in total. The first kappa shape index (κ1) is 13.8. The lowest BCUT2D eigenvalue weighted by molar-refractivity contribution is 0.0952. The zero-order chi connectivity index (χ0) is 15.5. The first-order valence-corrected chi connectivity index (χ1v) is 8.84. The van der Waals surface area contributed by atoms with E-state index in [1.807, 2.05) is 0 Å². The molecule has 3 fully saturated rings. The predicted molar refractivity (Wildman–Crippen MR) is 93.3 cm³/mol. The highest BCUT2D eigenvalue weighted by Gasteiger charge is 2.76. The second-order valence-corrected chi connectivity index (χ2v) is 7.65. The smallest absolute Gasteiger partial charge is 0.0462 e. The molecular formula is C21H24N2. The molecule has 3 saturated heterocycles. The van der Waals surface area contributed by atoms with Crippen molar-refractivity contribution in [2.24, 2.45) is 0 Å². The highest BCUT2D eigenvalue weighted by molar-refractivity contribution is 5.40. The first-order valence-electron chi connectivity index (χ1n) is 8.84. The van der Waals surface area contributed by atoms with Crippen LogP contribution in [0.4, 0.5) is 0 Å². The Morgan fingerprint density at radius 3 is 2.35 bits per heavy atom. The Bertz CT molecular complexity index is 713. The number of hydrogen-bond donors (Lipinski definition) is 1. The van der Waals surface area contributed by atoms with Gasteiger partial charge in [-0.3, -0.25) is 4.90 Å². The van der Waals surface area contributed by atoms with E-state index in [1.165, 1.54) is 36.8 Å². The summed E-state index contributed by atoms with van der Waals surface area (Å²) in [5, 5.41) is 3.70. The third-order valence-electron chi connectivity index (χ3n) is 6.67. The van der Waals surface area contributed by atoms with Crippen LogP contribution >= 0.6 is 0 Å². The molecule has 23 heavy (non-hydrogen) atoms. The average Bonchev–Trinajstić information content (AvgIpc) is 3.16. The normalized spacial score (nSPS) is 40.1. The Balaban J connectivity index is 1.42. The lowest BCUT2D eigenvalue weighted by atomic mass is 9.78. The van der Waals surface area contributed by atoms with Crippen molar-refractivity contribution in [1.82, 2.24) is 10.2 Å². The first-order chi connectivity index (χ1) is 11.3. The minimum absolute atomic E-state index is 0.169. The molecule has 5 atom stereocenters. The Labute approximate surface area is 138 Å². The molecule has 0 amide bonds. The molecule has 3 aliphatic heterocycles. The van der Waals surface area contributed by atoms with Crippen LogP contribution < -0.4 is 5.32 Å². The Morgan fingerprint density at radius 1 is 0.957 bits per heavy atom. The van der Waals surface area contributed by atoms with Crippen molar-refractivity contribution in [2.45, 2.75) is 48.8 Å². The van der Waals surface area contributed by atoms with Gasteiger partial charge in [-0.05, 0) is 43.9 Å². The van der Waals surface area contributed by atoms with Crippen molar-refractivity contribution < 1.29 is 0 Å². The van der Waals surface area contributed by atoms with E-state index in [2.05, 4.69) is 77.9 Å². The third-order valence-corrected chi connectivity index (χ3v) is 6.67. The van der Waals surface area contributed by atoms with Crippen LogP contribution in [0.1, 0.15) is 30.4 Å². The third kappa shape index (κ3) is 1.82. The van der Waals surface area contributed by atoms with Crippen LogP contribution in [-0.2, 0) is 12.0 Å². The molecule has 0 saturated carbocycles. The molecule has 5 rings (SSSR count). The quantitative estimate of drug-likeness (QED) is 0.872. The summed E-state index contributed by atoms with van der Waals surface area (Å²) < 4.78 is 0. The van der Waals surface area contributed by atoms with E-state index >= 15 is 0 Å². The number of benzene rings is 2. The fourth-order valence-electron chi connectivity index (χ4n) is 5.56. The summed E-state index contributed by atoms with van der Waals surface area (Å²) in [6, 6.07) is 23.6. The Kier molecular flexibility index (Phi) is 2.80. The van der Waals surface area contributed by atoms with Crippen molar-refractivity contribution in [3.8, 4) is 0 Å². The lowest BCUT2D eigenvalue weighted by Gasteiger charge is -2.44. The topological polar surface area (TPSA) is 15.0 Å². The molecular weight excluding hydrogens is 280 g/mol. The van der Waals surface area contributed by atoms with Gasteiger partial charge in [-0.25, -0.2) is 0 Å². The van der Waals surface area contributed by atoms with Crippen molar-refractivity contribution in [2.75, 3.05) is 7.05 Å². The van der Waals surface area contributed by atoms with E-state index in [9.17, 15) is 0 Å². The van der Waals surface area contributed by atoms with Crippen LogP contribution in [-0.4, -0.2) is 29.6 Å². The summed E-state index contributed by atoms with van der Waals surface area (Å²) >= 11 is 0. The van der Waals surface area contributed by atoms with Crippen LogP contribution in [0, 0.1) is 0 Å². The molecule has 0 bridgehead atoms. The van der Waals surface area contributed by atoms with Gasteiger partial charge < -0.3 is 5.32 Å². The fraction of sp³-hybridized carbons (Fsp3) is 0.429. The number of rotatable bonds is 4. The fourth-order valence-corrected chi connectivity index (χ4v) is 5.56. The molecule has 0 aliphatic carbocycles. The SMILES string of the molecule is CNC1(c2ccccc2)CC2CC3(Cc4ccccc4)C(C1)N23. The van der Waals surface area contributed by atoms with Gasteiger partial charge in [0.05, 0.1) is 0 Å². The van der Waals surface area contributed by atoms with Gasteiger partial charge in [-0.1, -0.05) is 60.7 Å². The van der Waals surface area contributed by atoms with Gasteiger partial charge in [-0.15, -0.1) is 0 Å². The van der Waals surface area contributed by atoms with Crippen molar-refractivity contribution in [1.29, 1.82) is 0 Å². The van der Waals surface area contributed by atoms with Gasteiger partial charge in [0.25, 0.3) is 0 Å². The van der Waals surface area contributed by atoms with Crippen molar-refractivity contribution >= 4 is 0 Å². The minimum Gasteiger partial charge on any atom is -0.310 e. The van der Waals surface area contributed by atoms with E-state index in [0.29, 0.717) is 5.54 Å². The van der Waals surface area contributed by atoms with Crippen LogP contribution in [0.25, 0.3) is 0 Å². The van der Waals surface area contributed by atoms with Gasteiger partial charge in [0.1, 0.15) is 0 Å². The second kappa shape index (κ2) is 4.68. The molecule has 2 aromatic carbocycles. The van der Waals surface area contributed by atoms with Gasteiger partial charge in [0, 0.05) is 23.2 Å². The number of piperidine rings is 1. The number of hydrogen-bond acceptors (Lipinski definition) is 2. The summed E-state index contributed by atoms with van der Waals surface area (Å²) in [6.45, 7) is 0. The molecule has 2 heteroatoms. The molecule has 0 radical (unpaired) electrons. The Hall–Kier alpha value is -1.64. The highest BCUT2D eigenvalue weighted by Crippen LogP contribution is 2.66. The number of nitrogens with one attached hydrogen (secondary N) is 1. The number of fused-ring (bicyclic) bond motifs is 1. The van der Waals surface area contributed by atoms with Crippen LogP contribution in [0.5, 0.6) is 0 Å². The second-order valence-electron chi connectivity index (χ2n) is 7.65. The molecule has 5 unspecified atom stereocenters. The minimum atomic E-state index is 0.169. The van der Waals surface area contributed by atoms with E-state index in [4.69, 9.17) is 0 Å². The van der Waals surface area contributed by atoms with Gasteiger partial charge in [-0.2, -0.15) is 0 Å². The summed E-state index contributed by atoms with van der Waals surface area (Å²) in [6.07, 6.45) is 5.10. The molecule has 2 aromatic rings. The monoisotopic (exact) mass is 304 g/mol. The predicted octanol–water partition coefficient (Wildman–Crippen LogP) is 3.33. The lowest BCUT2D eigenvalue weighted by Crippen LogP contribution is -2.52. The summed E-state index contributed by atoms with van der Waals surface area (Å²) in [7, 11) is 2.15. The summed E-state index contributed by atoms with van der Waals surface area (Å²) in [5.74, 6) is 0.